The normalized spacial score (nSPS) is 10.6. The third-order valence-electron chi connectivity index (χ3n) is 3.99. The number of amides is 1. The van der Waals surface area contributed by atoms with Gasteiger partial charge in [-0.2, -0.15) is 0 Å². The molecular weight excluding hydrogens is 314 g/mol. The molecule has 0 bridgehead atoms. The van der Waals surface area contributed by atoms with Crippen molar-refractivity contribution in [2.24, 2.45) is 0 Å². The van der Waals surface area contributed by atoms with E-state index in [1.807, 2.05) is 37.3 Å². The van der Waals surface area contributed by atoms with E-state index in [1.165, 1.54) is 5.56 Å². The van der Waals surface area contributed by atoms with E-state index in [2.05, 4.69) is 31.3 Å². The van der Waals surface area contributed by atoms with Crippen molar-refractivity contribution in [3.05, 3.63) is 53.6 Å². The zero-order valence-electron chi connectivity index (χ0n) is 15.5. The van der Waals surface area contributed by atoms with Gasteiger partial charge in [0.1, 0.15) is 11.5 Å². The maximum absolute atomic E-state index is 12.1. The number of methoxy groups -OCH3 is 1. The van der Waals surface area contributed by atoms with E-state index >= 15 is 0 Å². The van der Waals surface area contributed by atoms with Crippen LogP contribution in [0.5, 0.6) is 11.5 Å². The minimum atomic E-state index is -0.0392. The van der Waals surface area contributed by atoms with Crippen LogP contribution in [0.2, 0.25) is 0 Å². The highest BCUT2D eigenvalue weighted by Gasteiger charge is 2.08. The van der Waals surface area contributed by atoms with Crippen molar-refractivity contribution >= 4 is 11.6 Å². The Bertz CT molecular complexity index is 693. The molecule has 0 saturated carbocycles. The number of ether oxygens (including phenoxy) is 2. The van der Waals surface area contributed by atoms with Crippen LogP contribution in [0.15, 0.2) is 42.5 Å². The summed E-state index contributed by atoms with van der Waals surface area (Å²) in [5, 5.41) is 2.90. The van der Waals surface area contributed by atoms with Crippen molar-refractivity contribution in [1.82, 2.24) is 0 Å². The number of anilines is 1. The first kappa shape index (κ1) is 18.8. The van der Waals surface area contributed by atoms with Gasteiger partial charge < -0.3 is 14.8 Å². The summed E-state index contributed by atoms with van der Waals surface area (Å²) < 4.78 is 11.0. The molecule has 0 aromatic heterocycles. The van der Waals surface area contributed by atoms with Crippen LogP contribution in [0, 0.1) is 6.92 Å². The molecule has 0 aliphatic carbocycles. The Labute approximate surface area is 150 Å². The molecule has 1 amide bonds. The molecule has 0 atom stereocenters. The molecular formula is C21H27NO3. The van der Waals surface area contributed by atoms with E-state index in [0.29, 0.717) is 36.8 Å². The zero-order chi connectivity index (χ0) is 18.2. The van der Waals surface area contributed by atoms with Gasteiger partial charge in [-0.05, 0) is 54.7 Å². The first-order valence-corrected chi connectivity index (χ1v) is 8.67. The fourth-order valence-electron chi connectivity index (χ4n) is 2.50. The van der Waals surface area contributed by atoms with Crippen LogP contribution in [0.4, 0.5) is 5.69 Å². The third-order valence-corrected chi connectivity index (χ3v) is 3.99. The van der Waals surface area contributed by atoms with Gasteiger partial charge in [-0.25, -0.2) is 0 Å². The summed E-state index contributed by atoms with van der Waals surface area (Å²) >= 11 is 0. The Morgan fingerprint density at radius 2 is 1.84 bits per heavy atom. The highest BCUT2D eigenvalue weighted by molar-refractivity contribution is 5.92. The van der Waals surface area contributed by atoms with E-state index in [-0.39, 0.29) is 5.91 Å². The van der Waals surface area contributed by atoms with Gasteiger partial charge in [0.25, 0.3) is 0 Å². The Hall–Kier alpha value is -2.49. The predicted octanol–water partition coefficient (Wildman–Crippen LogP) is 4.92. The van der Waals surface area contributed by atoms with Crippen LogP contribution in [-0.2, 0) is 4.79 Å². The fraction of sp³-hybridized carbons (Fsp3) is 0.381. The average molecular weight is 341 g/mol. The summed E-state index contributed by atoms with van der Waals surface area (Å²) in [6, 6.07) is 13.8. The third kappa shape index (κ3) is 5.82. The van der Waals surface area contributed by atoms with Gasteiger partial charge in [0.05, 0.1) is 19.4 Å². The first-order valence-electron chi connectivity index (χ1n) is 8.67. The van der Waals surface area contributed by atoms with Gasteiger partial charge in [-0.1, -0.05) is 32.0 Å². The minimum absolute atomic E-state index is 0.0392. The van der Waals surface area contributed by atoms with Crippen LogP contribution in [0.3, 0.4) is 0 Å². The van der Waals surface area contributed by atoms with Crippen LogP contribution in [0.1, 0.15) is 43.7 Å². The topological polar surface area (TPSA) is 47.6 Å². The monoisotopic (exact) mass is 341 g/mol. The molecule has 0 unspecified atom stereocenters. The number of aryl methyl sites for hydroxylation is 1. The average Bonchev–Trinajstić information content (AvgIpc) is 2.59. The number of hydrogen-bond acceptors (Lipinski definition) is 3. The quantitative estimate of drug-likeness (QED) is 0.693. The molecule has 1 N–H and O–H groups in total. The smallest absolute Gasteiger partial charge is 0.224 e. The van der Waals surface area contributed by atoms with Crippen molar-refractivity contribution in [3.8, 4) is 11.5 Å². The number of hydrogen-bond donors (Lipinski definition) is 1. The van der Waals surface area contributed by atoms with Gasteiger partial charge in [-0.15, -0.1) is 0 Å². The van der Waals surface area contributed by atoms with Crippen molar-refractivity contribution in [3.63, 3.8) is 0 Å². The first-order chi connectivity index (χ1) is 12.0. The summed E-state index contributed by atoms with van der Waals surface area (Å²) in [5.41, 5.74) is 3.07. The van der Waals surface area contributed by atoms with E-state index in [4.69, 9.17) is 9.47 Å². The van der Waals surface area contributed by atoms with Crippen LogP contribution >= 0.6 is 0 Å². The van der Waals surface area contributed by atoms with Crippen molar-refractivity contribution in [1.29, 1.82) is 0 Å². The fourth-order valence-corrected chi connectivity index (χ4v) is 2.50. The molecule has 0 saturated heterocycles. The number of carbonyl (C=O) groups is 1. The van der Waals surface area contributed by atoms with E-state index in [0.717, 1.165) is 11.3 Å². The van der Waals surface area contributed by atoms with E-state index in [1.54, 1.807) is 7.11 Å². The molecule has 2 aromatic rings. The highest BCUT2D eigenvalue weighted by atomic mass is 16.5. The molecule has 0 fully saturated rings. The number of carbonyl (C=O) groups excluding carboxylic acids is 1. The summed E-state index contributed by atoms with van der Waals surface area (Å²) in [6.07, 6.45) is 1.06. The van der Waals surface area contributed by atoms with Gasteiger partial charge >= 0.3 is 0 Å². The van der Waals surface area contributed by atoms with Crippen LogP contribution in [-0.4, -0.2) is 19.6 Å². The maximum atomic E-state index is 12.1. The van der Waals surface area contributed by atoms with Crippen molar-refractivity contribution in [2.75, 3.05) is 19.0 Å². The Kier molecular flexibility index (Phi) is 6.87. The molecule has 2 aromatic carbocycles. The molecule has 0 aliphatic rings. The standard InChI is InChI=1S/C21H27NO3/c1-15(2)17-8-10-18(11-9-17)25-13-5-6-21(23)22-19-14-16(3)7-12-20(19)24-4/h7-12,14-15H,5-6,13H2,1-4H3,(H,22,23). The molecule has 2 rings (SSSR count). The van der Waals surface area contributed by atoms with E-state index in [9.17, 15) is 4.79 Å². The SMILES string of the molecule is COc1ccc(C)cc1NC(=O)CCCOc1ccc(C(C)C)cc1. The lowest BCUT2D eigenvalue weighted by Gasteiger charge is -2.11. The number of nitrogens with one attached hydrogen (secondary N) is 1. The second kappa shape index (κ2) is 9.11. The number of rotatable bonds is 8. The van der Waals surface area contributed by atoms with Gasteiger partial charge in [-0.3, -0.25) is 4.79 Å². The molecule has 0 radical (unpaired) electrons. The highest BCUT2D eigenvalue weighted by Crippen LogP contribution is 2.25. The zero-order valence-corrected chi connectivity index (χ0v) is 15.5. The summed E-state index contributed by atoms with van der Waals surface area (Å²) in [4.78, 5) is 12.1. The Morgan fingerprint density at radius 3 is 2.48 bits per heavy atom. The molecule has 4 heteroatoms. The van der Waals surface area contributed by atoms with Crippen molar-refractivity contribution < 1.29 is 14.3 Å². The molecule has 0 aliphatic heterocycles. The largest absolute Gasteiger partial charge is 0.495 e. The lowest BCUT2D eigenvalue weighted by molar-refractivity contribution is -0.116. The van der Waals surface area contributed by atoms with Crippen molar-refractivity contribution in [2.45, 2.75) is 39.5 Å². The maximum Gasteiger partial charge on any atom is 0.224 e. The molecule has 4 nitrogen and oxygen atoms in total. The number of benzene rings is 2. The molecule has 0 spiro atoms. The van der Waals surface area contributed by atoms with Gasteiger partial charge in [0.15, 0.2) is 0 Å². The van der Waals surface area contributed by atoms with Gasteiger partial charge in [0, 0.05) is 6.42 Å². The summed E-state index contributed by atoms with van der Waals surface area (Å²) in [5.74, 6) is 1.98. The molecule has 134 valence electrons. The second-order valence-corrected chi connectivity index (χ2v) is 6.43. The molecule has 0 heterocycles. The lowest BCUT2D eigenvalue weighted by atomic mass is 10.0. The Morgan fingerprint density at radius 1 is 1.12 bits per heavy atom. The minimum Gasteiger partial charge on any atom is -0.495 e. The Balaban J connectivity index is 1.76. The summed E-state index contributed by atoms with van der Waals surface area (Å²) in [6.45, 7) is 6.82. The predicted molar refractivity (Wildman–Crippen MR) is 102 cm³/mol. The summed E-state index contributed by atoms with van der Waals surface area (Å²) in [7, 11) is 1.60. The van der Waals surface area contributed by atoms with Crippen LogP contribution in [0.25, 0.3) is 0 Å². The van der Waals surface area contributed by atoms with E-state index < -0.39 is 0 Å². The lowest BCUT2D eigenvalue weighted by Crippen LogP contribution is -2.13. The molecule has 25 heavy (non-hydrogen) atoms. The van der Waals surface area contributed by atoms with Crippen LogP contribution < -0.4 is 14.8 Å². The second-order valence-electron chi connectivity index (χ2n) is 6.43. The van der Waals surface area contributed by atoms with Gasteiger partial charge in [0.2, 0.25) is 5.91 Å².